The number of aryl methyl sites for hydroxylation is 1. The van der Waals surface area contributed by atoms with Crippen LogP contribution < -0.4 is 11.1 Å². The van der Waals surface area contributed by atoms with Crippen molar-refractivity contribution in [3.05, 3.63) is 41.3 Å². The average molecular weight is 281 g/mol. The zero-order valence-electron chi connectivity index (χ0n) is 11.7. The van der Waals surface area contributed by atoms with E-state index in [2.05, 4.69) is 25.5 Å². The van der Waals surface area contributed by atoms with Gasteiger partial charge in [0.05, 0.1) is 16.8 Å². The number of nitrogens with two attached hydrogens (primary N) is 1. The molecule has 0 spiro atoms. The second-order valence-electron chi connectivity index (χ2n) is 4.69. The third-order valence-corrected chi connectivity index (χ3v) is 3.40. The summed E-state index contributed by atoms with van der Waals surface area (Å²) in [5, 5.41) is 19.5. The topological polar surface area (TPSA) is 116 Å². The Balaban J connectivity index is 2.14. The number of H-pyrrole nitrogens is 1. The number of benzene rings is 1. The van der Waals surface area contributed by atoms with Crippen molar-refractivity contribution in [1.29, 1.82) is 5.41 Å². The van der Waals surface area contributed by atoms with E-state index in [0.717, 1.165) is 22.2 Å². The summed E-state index contributed by atoms with van der Waals surface area (Å²) in [7, 11) is 1.74. The number of anilines is 2. The van der Waals surface area contributed by atoms with Gasteiger partial charge in [0.1, 0.15) is 18.0 Å². The molecule has 2 aromatic heterocycles. The molecule has 5 N–H and O–H groups in total. The fourth-order valence-electron chi connectivity index (χ4n) is 2.27. The molecule has 0 aliphatic carbocycles. The fraction of sp³-hybridized carbons (Fsp3) is 0.143. The molecule has 1 aromatic carbocycles. The van der Waals surface area contributed by atoms with Gasteiger partial charge in [0, 0.05) is 23.7 Å². The van der Waals surface area contributed by atoms with Gasteiger partial charge in [0.25, 0.3) is 0 Å². The van der Waals surface area contributed by atoms with Gasteiger partial charge in [-0.3, -0.25) is 10.5 Å². The molecule has 3 aromatic rings. The standard InChI is InChI=1S/C14H15N7/c1-7-9-5-8(3-4-10(9)21-20-7)12(15)11-13(16)18-6-19-14(11)17-2/h3-6,15H,1-2H3,(H,20,21)(H3,16,17,18,19). The van der Waals surface area contributed by atoms with Crippen molar-refractivity contribution in [2.24, 2.45) is 0 Å². The van der Waals surface area contributed by atoms with Crippen molar-refractivity contribution in [3.63, 3.8) is 0 Å². The Labute approximate surface area is 121 Å². The monoisotopic (exact) mass is 281 g/mol. The molecule has 3 rings (SSSR count). The molecular weight excluding hydrogens is 266 g/mol. The minimum Gasteiger partial charge on any atom is -0.383 e. The summed E-state index contributed by atoms with van der Waals surface area (Å²) in [6, 6.07) is 5.64. The molecule has 0 unspecified atom stereocenters. The van der Waals surface area contributed by atoms with Gasteiger partial charge >= 0.3 is 0 Å². The molecule has 0 bridgehead atoms. The third kappa shape index (κ3) is 2.08. The van der Waals surface area contributed by atoms with E-state index in [1.807, 2.05) is 25.1 Å². The van der Waals surface area contributed by atoms with Gasteiger partial charge in [-0.25, -0.2) is 9.97 Å². The van der Waals surface area contributed by atoms with Crippen LogP contribution in [0.1, 0.15) is 16.8 Å². The van der Waals surface area contributed by atoms with Crippen LogP contribution in [0.25, 0.3) is 10.9 Å². The maximum Gasteiger partial charge on any atom is 0.140 e. The first-order valence-electron chi connectivity index (χ1n) is 6.44. The molecule has 0 aliphatic rings. The van der Waals surface area contributed by atoms with Crippen molar-refractivity contribution in [1.82, 2.24) is 20.2 Å². The van der Waals surface area contributed by atoms with Crippen LogP contribution in [0.15, 0.2) is 24.5 Å². The van der Waals surface area contributed by atoms with Crippen LogP contribution in [0, 0.1) is 12.3 Å². The van der Waals surface area contributed by atoms with Crippen LogP contribution in [-0.2, 0) is 0 Å². The summed E-state index contributed by atoms with van der Waals surface area (Å²) in [6.07, 6.45) is 1.38. The van der Waals surface area contributed by atoms with E-state index < -0.39 is 0 Å². The highest BCUT2D eigenvalue weighted by atomic mass is 15.1. The van der Waals surface area contributed by atoms with E-state index in [9.17, 15) is 0 Å². The Morgan fingerprint density at radius 3 is 2.90 bits per heavy atom. The summed E-state index contributed by atoms with van der Waals surface area (Å²) in [4.78, 5) is 8.08. The van der Waals surface area contributed by atoms with Crippen molar-refractivity contribution in [2.45, 2.75) is 6.92 Å². The van der Waals surface area contributed by atoms with E-state index in [0.29, 0.717) is 11.4 Å². The minimum absolute atomic E-state index is 0.278. The molecule has 106 valence electrons. The molecule has 0 aliphatic heterocycles. The Morgan fingerprint density at radius 1 is 1.33 bits per heavy atom. The number of aromatic nitrogens is 4. The van der Waals surface area contributed by atoms with Crippen LogP contribution in [-0.4, -0.2) is 32.9 Å². The second-order valence-corrected chi connectivity index (χ2v) is 4.69. The third-order valence-electron chi connectivity index (χ3n) is 3.40. The van der Waals surface area contributed by atoms with Gasteiger partial charge in [-0.15, -0.1) is 0 Å². The molecular formula is C14H15N7. The number of fused-ring (bicyclic) bond motifs is 1. The number of nitrogens with zero attached hydrogens (tertiary/aromatic N) is 3. The Morgan fingerprint density at radius 2 is 2.14 bits per heavy atom. The first kappa shape index (κ1) is 13.0. The minimum atomic E-state index is 0.278. The summed E-state index contributed by atoms with van der Waals surface area (Å²) in [6.45, 7) is 1.95. The maximum atomic E-state index is 8.42. The van der Waals surface area contributed by atoms with Gasteiger partial charge in [0.2, 0.25) is 0 Å². The predicted octanol–water partition coefficient (Wildman–Crippen LogP) is 1.70. The molecule has 21 heavy (non-hydrogen) atoms. The van der Waals surface area contributed by atoms with E-state index >= 15 is 0 Å². The zero-order valence-corrected chi connectivity index (χ0v) is 11.7. The summed E-state index contributed by atoms with van der Waals surface area (Å²) in [5.74, 6) is 0.819. The maximum absolute atomic E-state index is 8.42. The van der Waals surface area contributed by atoms with Gasteiger partial charge < -0.3 is 11.1 Å². The first-order chi connectivity index (χ1) is 10.1. The van der Waals surface area contributed by atoms with Crippen molar-refractivity contribution >= 4 is 28.3 Å². The first-order valence-corrected chi connectivity index (χ1v) is 6.44. The lowest BCUT2D eigenvalue weighted by atomic mass is 10.0. The fourth-order valence-corrected chi connectivity index (χ4v) is 2.27. The summed E-state index contributed by atoms with van der Waals surface area (Å²) < 4.78 is 0. The molecule has 0 amide bonds. The number of hydrogen-bond donors (Lipinski definition) is 4. The molecule has 7 nitrogen and oxygen atoms in total. The molecule has 0 saturated carbocycles. The number of nitrogens with one attached hydrogen (secondary N) is 3. The van der Waals surface area contributed by atoms with Gasteiger partial charge in [-0.05, 0) is 19.1 Å². The highest BCUT2D eigenvalue weighted by Gasteiger charge is 2.16. The van der Waals surface area contributed by atoms with Gasteiger partial charge in [0.15, 0.2) is 0 Å². The molecule has 0 radical (unpaired) electrons. The van der Waals surface area contributed by atoms with Gasteiger partial charge in [-0.2, -0.15) is 5.10 Å². The SMILES string of the molecule is CNc1ncnc(N)c1C(=N)c1ccc2n[nH]c(C)c2c1. The number of aromatic amines is 1. The van der Waals surface area contributed by atoms with E-state index in [4.69, 9.17) is 11.1 Å². The van der Waals surface area contributed by atoms with Crippen LogP contribution in [0.2, 0.25) is 0 Å². The number of nitrogen functional groups attached to an aromatic ring is 1. The average Bonchev–Trinajstić information content (AvgIpc) is 2.87. The molecule has 7 heteroatoms. The number of hydrogen-bond acceptors (Lipinski definition) is 6. The van der Waals surface area contributed by atoms with Crippen LogP contribution >= 0.6 is 0 Å². The van der Waals surface area contributed by atoms with Crippen LogP contribution in [0.5, 0.6) is 0 Å². The van der Waals surface area contributed by atoms with Crippen molar-refractivity contribution < 1.29 is 0 Å². The van der Waals surface area contributed by atoms with E-state index in [1.165, 1.54) is 6.33 Å². The van der Waals surface area contributed by atoms with Crippen LogP contribution in [0.3, 0.4) is 0 Å². The molecule has 2 heterocycles. The summed E-state index contributed by atoms with van der Waals surface area (Å²) in [5.41, 5.74) is 9.26. The number of rotatable bonds is 3. The van der Waals surface area contributed by atoms with Crippen molar-refractivity contribution in [3.8, 4) is 0 Å². The van der Waals surface area contributed by atoms with Gasteiger partial charge in [-0.1, -0.05) is 6.07 Å². The highest BCUT2D eigenvalue weighted by molar-refractivity contribution is 6.17. The van der Waals surface area contributed by atoms with E-state index in [-0.39, 0.29) is 11.5 Å². The predicted molar refractivity (Wildman–Crippen MR) is 82.8 cm³/mol. The quantitative estimate of drug-likeness (QED) is 0.545. The molecule has 0 fully saturated rings. The normalized spacial score (nSPS) is 10.8. The Hall–Kier alpha value is -2.96. The molecule has 0 saturated heterocycles. The van der Waals surface area contributed by atoms with E-state index in [1.54, 1.807) is 7.05 Å². The Bertz CT molecular complexity index is 834. The zero-order chi connectivity index (χ0) is 15.0. The van der Waals surface area contributed by atoms with Crippen LogP contribution in [0.4, 0.5) is 11.6 Å². The molecule has 0 atom stereocenters. The lowest BCUT2D eigenvalue weighted by Gasteiger charge is -2.11. The Kier molecular flexibility index (Phi) is 3.02. The smallest absolute Gasteiger partial charge is 0.140 e. The second kappa shape index (κ2) is 4.86. The lowest BCUT2D eigenvalue weighted by molar-refractivity contribution is 1.07. The summed E-state index contributed by atoms with van der Waals surface area (Å²) >= 11 is 0. The highest BCUT2D eigenvalue weighted by Crippen LogP contribution is 2.24. The van der Waals surface area contributed by atoms with Crippen molar-refractivity contribution in [2.75, 3.05) is 18.1 Å². The lowest BCUT2D eigenvalue weighted by Crippen LogP contribution is -2.12. The largest absolute Gasteiger partial charge is 0.383 e.